The van der Waals surface area contributed by atoms with Crippen molar-refractivity contribution in [1.82, 2.24) is 5.32 Å². The summed E-state index contributed by atoms with van der Waals surface area (Å²) in [7, 11) is 0. The summed E-state index contributed by atoms with van der Waals surface area (Å²) in [5.41, 5.74) is 2.64. The van der Waals surface area contributed by atoms with Crippen LogP contribution in [0.5, 0.6) is 0 Å². The second-order valence-electron chi connectivity index (χ2n) is 5.22. The number of hydrogen-bond donors (Lipinski definition) is 1. The molecule has 4 heteroatoms. The fourth-order valence-corrected chi connectivity index (χ4v) is 4.11. The molecular formula is C15H23ClN2S. The lowest BCUT2D eigenvalue weighted by molar-refractivity contribution is 0.700. The molecule has 1 saturated heterocycles. The number of nitrogens with zero attached hydrogens (tertiary/aromatic N) is 1. The number of thioether (sulfide) groups is 1. The van der Waals surface area contributed by atoms with Gasteiger partial charge in [0.25, 0.3) is 0 Å². The normalized spacial score (nSPS) is 23.7. The third-order valence-electron chi connectivity index (χ3n) is 3.37. The summed E-state index contributed by atoms with van der Waals surface area (Å²) >= 11 is 8.27. The predicted octanol–water partition coefficient (Wildman–Crippen LogP) is 3.78. The maximum atomic E-state index is 6.19. The van der Waals surface area contributed by atoms with Crippen LogP contribution in [-0.4, -0.2) is 30.1 Å². The zero-order chi connectivity index (χ0) is 13.8. The average molecular weight is 299 g/mol. The highest BCUT2D eigenvalue weighted by atomic mass is 35.5. The van der Waals surface area contributed by atoms with Crippen LogP contribution in [0.25, 0.3) is 0 Å². The minimum atomic E-state index is 0.676. The van der Waals surface area contributed by atoms with Crippen LogP contribution < -0.4 is 10.2 Å². The van der Waals surface area contributed by atoms with Crippen molar-refractivity contribution < 1.29 is 0 Å². The molecule has 0 amide bonds. The Balaban J connectivity index is 2.23. The zero-order valence-corrected chi connectivity index (χ0v) is 13.5. The van der Waals surface area contributed by atoms with Crippen molar-refractivity contribution in [3.8, 4) is 0 Å². The van der Waals surface area contributed by atoms with Crippen LogP contribution in [0.4, 0.5) is 5.69 Å². The van der Waals surface area contributed by atoms with E-state index in [9.17, 15) is 0 Å². The maximum absolute atomic E-state index is 6.19. The Kier molecular flexibility index (Phi) is 5.43. The summed E-state index contributed by atoms with van der Waals surface area (Å²) in [5, 5.41) is 5.59. The molecule has 1 N–H and O–H groups in total. The van der Waals surface area contributed by atoms with Gasteiger partial charge in [-0.2, -0.15) is 11.8 Å². The van der Waals surface area contributed by atoms with Gasteiger partial charge in [0.1, 0.15) is 0 Å². The first-order chi connectivity index (χ1) is 9.10. The molecule has 1 aromatic rings. The van der Waals surface area contributed by atoms with Crippen molar-refractivity contribution in [2.45, 2.75) is 37.8 Å². The van der Waals surface area contributed by atoms with Gasteiger partial charge in [-0.05, 0) is 24.2 Å². The van der Waals surface area contributed by atoms with Gasteiger partial charge in [0.2, 0.25) is 0 Å². The molecule has 2 rings (SSSR count). The highest BCUT2D eigenvalue weighted by molar-refractivity contribution is 8.00. The second kappa shape index (κ2) is 6.87. The van der Waals surface area contributed by atoms with E-state index in [0.29, 0.717) is 10.5 Å². The van der Waals surface area contributed by atoms with Crippen LogP contribution >= 0.6 is 23.4 Å². The molecule has 0 bridgehead atoms. The van der Waals surface area contributed by atoms with Crippen LogP contribution in [0.2, 0.25) is 5.02 Å². The minimum Gasteiger partial charge on any atom is -0.369 e. The number of anilines is 1. The van der Waals surface area contributed by atoms with Crippen molar-refractivity contribution in [3.63, 3.8) is 0 Å². The highest BCUT2D eigenvalue weighted by Gasteiger charge is 2.24. The van der Waals surface area contributed by atoms with Crippen molar-refractivity contribution >= 4 is 29.1 Å². The van der Waals surface area contributed by atoms with Crippen molar-refractivity contribution in [2.24, 2.45) is 0 Å². The molecule has 1 aliphatic rings. The van der Waals surface area contributed by atoms with Gasteiger partial charge in [-0.15, -0.1) is 0 Å². The first-order valence-corrected chi connectivity index (χ1v) is 8.31. The number of rotatable bonds is 4. The number of benzene rings is 1. The molecule has 1 fully saturated rings. The number of halogens is 1. The molecule has 0 radical (unpaired) electrons. The Morgan fingerprint density at radius 2 is 2.00 bits per heavy atom. The average Bonchev–Trinajstić information content (AvgIpc) is 2.36. The Morgan fingerprint density at radius 3 is 2.63 bits per heavy atom. The lowest BCUT2D eigenvalue weighted by Crippen LogP contribution is -2.41. The topological polar surface area (TPSA) is 15.3 Å². The SMILES string of the molecule is CCNCc1ccc(Cl)cc1N1CC(C)SC(C)C1. The van der Waals surface area contributed by atoms with E-state index >= 15 is 0 Å². The zero-order valence-electron chi connectivity index (χ0n) is 11.9. The van der Waals surface area contributed by atoms with Gasteiger partial charge in [0.15, 0.2) is 0 Å². The molecule has 106 valence electrons. The lowest BCUT2D eigenvalue weighted by Gasteiger charge is -2.37. The third kappa shape index (κ3) is 4.04. The van der Waals surface area contributed by atoms with Crippen molar-refractivity contribution in [2.75, 3.05) is 24.5 Å². The van der Waals surface area contributed by atoms with E-state index in [1.807, 2.05) is 6.07 Å². The second-order valence-corrected chi connectivity index (χ2v) is 7.53. The van der Waals surface area contributed by atoms with E-state index in [2.05, 4.69) is 54.9 Å². The molecule has 1 aromatic carbocycles. The van der Waals surface area contributed by atoms with Gasteiger partial charge in [0.05, 0.1) is 0 Å². The largest absolute Gasteiger partial charge is 0.369 e. The van der Waals surface area contributed by atoms with Gasteiger partial charge in [0, 0.05) is 40.8 Å². The Hall–Kier alpha value is -0.380. The first kappa shape index (κ1) is 15.0. The minimum absolute atomic E-state index is 0.676. The Labute approximate surface area is 125 Å². The molecular weight excluding hydrogens is 276 g/mol. The maximum Gasteiger partial charge on any atom is 0.0427 e. The van der Waals surface area contributed by atoms with E-state index < -0.39 is 0 Å². The third-order valence-corrected chi connectivity index (χ3v) is 4.84. The molecule has 2 nitrogen and oxygen atoms in total. The van der Waals surface area contributed by atoms with Gasteiger partial charge in [-0.3, -0.25) is 0 Å². The number of nitrogens with one attached hydrogen (secondary N) is 1. The summed E-state index contributed by atoms with van der Waals surface area (Å²) in [6.07, 6.45) is 0. The van der Waals surface area contributed by atoms with E-state index in [-0.39, 0.29) is 0 Å². The molecule has 1 aliphatic heterocycles. The van der Waals surface area contributed by atoms with Crippen LogP contribution in [0, 0.1) is 0 Å². The molecule has 1 heterocycles. The molecule has 2 atom stereocenters. The summed E-state index contributed by atoms with van der Waals surface area (Å²) in [6.45, 7) is 10.9. The molecule has 0 spiro atoms. The van der Waals surface area contributed by atoms with Crippen LogP contribution in [0.1, 0.15) is 26.3 Å². The highest BCUT2D eigenvalue weighted by Crippen LogP contribution is 2.32. The van der Waals surface area contributed by atoms with Crippen molar-refractivity contribution in [1.29, 1.82) is 0 Å². The van der Waals surface area contributed by atoms with E-state index in [0.717, 1.165) is 31.2 Å². The van der Waals surface area contributed by atoms with Gasteiger partial charge in [-0.1, -0.05) is 38.4 Å². The lowest BCUT2D eigenvalue weighted by atomic mass is 10.1. The van der Waals surface area contributed by atoms with Gasteiger partial charge < -0.3 is 10.2 Å². The summed E-state index contributed by atoms with van der Waals surface area (Å²) in [5.74, 6) is 0. The van der Waals surface area contributed by atoms with E-state index in [1.54, 1.807) is 0 Å². The molecule has 2 unspecified atom stereocenters. The van der Waals surface area contributed by atoms with Crippen LogP contribution in [0.15, 0.2) is 18.2 Å². The van der Waals surface area contributed by atoms with E-state index in [1.165, 1.54) is 11.3 Å². The Bertz CT molecular complexity index is 415. The predicted molar refractivity (Wildman–Crippen MR) is 87.6 cm³/mol. The monoisotopic (exact) mass is 298 g/mol. The molecule has 0 saturated carbocycles. The quantitative estimate of drug-likeness (QED) is 0.911. The van der Waals surface area contributed by atoms with Crippen LogP contribution in [-0.2, 0) is 6.54 Å². The molecule has 0 aromatic heterocycles. The Morgan fingerprint density at radius 1 is 1.32 bits per heavy atom. The first-order valence-electron chi connectivity index (χ1n) is 6.99. The molecule has 0 aliphatic carbocycles. The van der Waals surface area contributed by atoms with E-state index in [4.69, 9.17) is 11.6 Å². The summed E-state index contributed by atoms with van der Waals surface area (Å²) < 4.78 is 0. The summed E-state index contributed by atoms with van der Waals surface area (Å²) in [4.78, 5) is 2.49. The number of hydrogen-bond acceptors (Lipinski definition) is 3. The van der Waals surface area contributed by atoms with Gasteiger partial charge >= 0.3 is 0 Å². The van der Waals surface area contributed by atoms with Crippen LogP contribution in [0.3, 0.4) is 0 Å². The standard InChI is InChI=1S/C15H23ClN2S/c1-4-17-8-13-5-6-14(16)7-15(13)18-9-11(2)19-12(3)10-18/h5-7,11-12,17H,4,8-10H2,1-3H3. The fraction of sp³-hybridized carbons (Fsp3) is 0.600. The summed E-state index contributed by atoms with van der Waals surface area (Å²) in [6, 6.07) is 6.25. The molecule has 19 heavy (non-hydrogen) atoms. The smallest absolute Gasteiger partial charge is 0.0427 e. The fourth-order valence-electron chi connectivity index (χ4n) is 2.62. The van der Waals surface area contributed by atoms with Gasteiger partial charge in [-0.25, -0.2) is 0 Å². The van der Waals surface area contributed by atoms with Crippen molar-refractivity contribution in [3.05, 3.63) is 28.8 Å².